The van der Waals surface area contributed by atoms with Crippen LogP contribution in [0.2, 0.25) is 0 Å². The molecule has 0 spiro atoms. The van der Waals surface area contributed by atoms with Crippen molar-refractivity contribution in [2.75, 3.05) is 13.1 Å². The second-order valence-corrected chi connectivity index (χ2v) is 4.86. The lowest BCUT2D eigenvalue weighted by Gasteiger charge is -2.39. The van der Waals surface area contributed by atoms with Crippen LogP contribution in [0.15, 0.2) is 23.1 Å². The summed E-state index contributed by atoms with van der Waals surface area (Å²) in [5.74, 6) is 0.317. The van der Waals surface area contributed by atoms with Gasteiger partial charge in [-0.05, 0) is 24.8 Å². The maximum atomic E-state index is 12.4. The molecule has 2 atom stereocenters. The zero-order valence-corrected chi connectivity index (χ0v) is 10.6. The van der Waals surface area contributed by atoms with E-state index in [9.17, 15) is 9.59 Å². The van der Waals surface area contributed by atoms with Gasteiger partial charge in [-0.3, -0.25) is 9.59 Å². The van der Waals surface area contributed by atoms with E-state index in [0.717, 1.165) is 19.4 Å². The highest BCUT2D eigenvalue weighted by Crippen LogP contribution is 2.23. The third-order valence-corrected chi connectivity index (χ3v) is 3.64. The molecule has 1 aromatic rings. The number of rotatable bonds is 2. The molecular formula is C13H19N3O2. The topological polar surface area (TPSA) is 79.2 Å². The number of nitrogens with zero attached hydrogens (tertiary/aromatic N) is 1. The minimum Gasteiger partial charge on any atom is -0.334 e. The molecule has 1 amide bonds. The minimum absolute atomic E-state index is 0.0746. The Hall–Kier alpha value is -1.62. The van der Waals surface area contributed by atoms with Crippen molar-refractivity contribution in [3.8, 4) is 0 Å². The standard InChI is InChI=1S/C13H19N3O2/c1-9-3-2-6-16(11(9)8-14)13(18)10-4-5-15-12(17)7-10/h4-5,7,9,11H,2-3,6,8,14H2,1H3,(H,15,17)/t9-,11-/m0/s1. The molecule has 1 fully saturated rings. The van der Waals surface area contributed by atoms with Crippen molar-refractivity contribution in [1.82, 2.24) is 9.88 Å². The summed E-state index contributed by atoms with van der Waals surface area (Å²) in [7, 11) is 0. The van der Waals surface area contributed by atoms with Crippen molar-refractivity contribution < 1.29 is 4.79 Å². The highest BCUT2D eigenvalue weighted by Gasteiger charge is 2.31. The van der Waals surface area contributed by atoms with E-state index in [1.54, 1.807) is 6.07 Å². The average Bonchev–Trinajstić information content (AvgIpc) is 2.37. The Bertz CT molecular complexity index is 483. The van der Waals surface area contributed by atoms with Gasteiger partial charge in [-0.2, -0.15) is 0 Å². The minimum atomic E-state index is -0.254. The molecule has 18 heavy (non-hydrogen) atoms. The maximum Gasteiger partial charge on any atom is 0.254 e. The summed E-state index contributed by atoms with van der Waals surface area (Å²) in [5, 5.41) is 0. The quantitative estimate of drug-likeness (QED) is 0.804. The first kappa shape index (κ1) is 12.8. The second-order valence-electron chi connectivity index (χ2n) is 4.86. The molecule has 0 bridgehead atoms. The summed E-state index contributed by atoms with van der Waals surface area (Å²) < 4.78 is 0. The number of amides is 1. The lowest BCUT2D eigenvalue weighted by Crippen LogP contribution is -2.51. The lowest BCUT2D eigenvalue weighted by molar-refractivity contribution is 0.0532. The molecular weight excluding hydrogens is 230 g/mol. The van der Waals surface area contributed by atoms with Gasteiger partial charge >= 0.3 is 0 Å². The molecule has 1 saturated heterocycles. The summed E-state index contributed by atoms with van der Waals surface area (Å²) in [6, 6.07) is 3.05. The fraction of sp³-hybridized carbons (Fsp3) is 0.538. The Morgan fingerprint density at radius 3 is 3.06 bits per heavy atom. The van der Waals surface area contributed by atoms with Crippen molar-refractivity contribution in [3.05, 3.63) is 34.2 Å². The zero-order valence-electron chi connectivity index (χ0n) is 10.6. The van der Waals surface area contributed by atoms with Crippen LogP contribution in [-0.2, 0) is 0 Å². The van der Waals surface area contributed by atoms with E-state index in [2.05, 4.69) is 11.9 Å². The first-order chi connectivity index (χ1) is 8.63. The number of aromatic nitrogens is 1. The molecule has 98 valence electrons. The number of nitrogens with one attached hydrogen (secondary N) is 1. The molecule has 0 unspecified atom stereocenters. The van der Waals surface area contributed by atoms with Crippen LogP contribution >= 0.6 is 0 Å². The predicted octanol–water partition coefficient (Wildman–Crippen LogP) is 0.574. The molecule has 2 rings (SSSR count). The molecule has 1 aromatic heterocycles. The van der Waals surface area contributed by atoms with E-state index in [0.29, 0.717) is 18.0 Å². The van der Waals surface area contributed by atoms with E-state index in [1.165, 1.54) is 12.3 Å². The Kier molecular flexibility index (Phi) is 3.81. The number of carbonyl (C=O) groups excluding carboxylic acids is 1. The maximum absolute atomic E-state index is 12.4. The van der Waals surface area contributed by atoms with Crippen LogP contribution < -0.4 is 11.3 Å². The third kappa shape index (κ3) is 2.46. The number of piperidine rings is 1. The zero-order chi connectivity index (χ0) is 13.1. The number of pyridine rings is 1. The molecule has 1 aliphatic heterocycles. The van der Waals surface area contributed by atoms with E-state index in [1.807, 2.05) is 4.90 Å². The van der Waals surface area contributed by atoms with E-state index in [-0.39, 0.29) is 17.5 Å². The number of hydrogen-bond donors (Lipinski definition) is 2. The molecule has 2 heterocycles. The fourth-order valence-electron chi connectivity index (χ4n) is 2.60. The summed E-state index contributed by atoms with van der Waals surface area (Å²) in [4.78, 5) is 27.9. The van der Waals surface area contributed by atoms with Crippen LogP contribution in [0.1, 0.15) is 30.1 Å². The van der Waals surface area contributed by atoms with Gasteiger partial charge in [-0.25, -0.2) is 0 Å². The van der Waals surface area contributed by atoms with Crippen LogP contribution in [0.25, 0.3) is 0 Å². The van der Waals surface area contributed by atoms with E-state index >= 15 is 0 Å². The van der Waals surface area contributed by atoms with Crippen LogP contribution in [0.5, 0.6) is 0 Å². The van der Waals surface area contributed by atoms with Crippen molar-refractivity contribution in [2.45, 2.75) is 25.8 Å². The van der Waals surface area contributed by atoms with Crippen molar-refractivity contribution in [2.24, 2.45) is 11.7 Å². The Morgan fingerprint density at radius 2 is 2.39 bits per heavy atom. The van der Waals surface area contributed by atoms with Crippen LogP contribution in [0.4, 0.5) is 0 Å². The monoisotopic (exact) mass is 249 g/mol. The van der Waals surface area contributed by atoms with Gasteiger partial charge in [0.2, 0.25) is 5.56 Å². The van der Waals surface area contributed by atoms with Gasteiger partial charge in [0.1, 0.15) is 0 Å². The molecule has 3 N–H and O–H groups in total. The number of carbonyl (C=O) groups is 1. The second kappa shape index (κ2) is 5.35. The smallest absolute Gasteiger partial charge is 0.254 e. The summed E-state index contributed by atoms with van der Waals surface area (Å²) in [6.07, 6.45) is 3.59. The number of nitrogens with two attached hydrogens (primary N) is 1. The first-order valence-electron chi connectivity index (χ1n) is 6.33. The molecule has 0 radical (unpaired) electrons. The lowest BCUT2D eigenvalue weighted by atomic mass is 9.90. The fourth-order valence-corrected chi connectivity index (χ4v) is 2.60. The third-order valence-electron chi connectivity index (χ3n) is 3.64. The average molecular weight is 249 g/mol. The van der Waals surface area contributed by atoms with Gasteiger partial charge in [0.05, 0.1) is 0 Å². The number of hydrogen-bond acceptors (Lipinski definition) is 3. The Labute approximate surface area is 106 Å². The van der Waals surface area contributed by atoms with Gasteiger partial charge < -0.3 is 15.6 Å². The van der Waals surface area contributed by atoms with Gasteiger partial charge in [0, 0.05) is 37.0 Å². The van der Waals surface area contributed by atoms with Crippen molar-refractivity contribution in [1.29, 1.82) is 0 Å². The molecule has 0 aliphatic carbocycles. The highest BCUT2D eigenvalue weighted by molar-refractivity contribution is 5.94. The molecule has 0 saturated carbocycles. The molecule has 1 aliphatic rings. The predicted molar refractivity (Wildman–Crippen MR) is 69.3 cm³/mol. The number of likely N-dealkylation sites (tertiary alicyclic amines) is 1. The SMILES string of the molecule is C[C@H]1CCCN(C(=O)c2cc[nH]c(=O)c2)[C@H]1CN. The molecule has 5 nitrogen and oxygen atoms in total. The summed E-state index contributed by atoms with van der Waals surface area (Å²) in [5.41, 5.74) is 5.95. The number of H-pyrrole nitrogens is 1. The van der Waals surface area contributed by atoms with Crippen LogP contribution in [-0.4, -0.2) is 34.9 Å². The van der Waals surface area contributed by atoms with Gasteiger partial charge in [0.15, 0.2) is 0 Å². The van der Waals surface area contributed by atoms with Crippen molar-refractivity contribution in [3.63, 3.8) is 0 Å². The van der Waals surface area contributed by atoms with Crippen LogP contribution in [0, 0.1) is 5.92 Å². The summed E-state index contributed by atoms with van der Waals surface area (Å²) in [6.45, 7) is 3.31. The van der Waals surface area contributed by atoms with E-state index < -0.39 is 0 Å². The normalized spacial score (nSPS) is 24.0. The first-order valence-corrected chi connectivity index (χ1v) is 6.33. The largest absolute Gasteiger partial charge is 0.334 e. The molecule has 5 heteroatoms. The summed E-state index contributed by atoms with van der Waals surface area (Å²) >= 11 is 0. The van der Waals surface area contributed by atoms with E-state index in [4.69, 9.17) is 5.73 Å². The van der Waals surface area contributed by atoms with Crippen molar-refractivity contribution >= 4 is 5.91 Å². The Balaban J connectivity index is 2.24. The number of aromatic amines is 1. The van der Waals surface area contributed by atoms with Gasteiger partial charge in [0.25, 0.3) is 5.91 Å². The molecule has 0 aromatic carbocycles. The van der Waals surface area contributed by atoms with Crippen LogP contribution in [0.3, 0.4) is 0 Å². The highest BCUT2D eigenvalue weighted by atomic mass is 16.2. The van der Waals surface area contributed by atoms with Gasteiger partial charge in [-0.1, -0.05) is 6.92 Å². The Morgan fingerprint density at radius 1 is 1.61 bits per heavy atom. The van der Waals surface area contributed by atoms with Gasteiger partial charge in [-0.15, -0.1) is 0 Å².